The van der Waals surface area contributed by atoms with Crippen molar-refractivity contribution in [2.24, 2.45) is 11.1 Å². The van der Waals surface area contributed by atoms with Gasteiger partial charge in [-0.15, -0.1) is 0 Å². The summed E-state index contributed by atoms with van der Waals surface area (Å²) in [6.07, 6.45) is 2.53. The van der Waals surface area contributed by atoms with Gasteiger partial charge in [0.05, 0.1) is 12.3 Å². The molecule has 3 aliphatic rings. The largest absolute Gasteiger partial charge is 0.454 e. The highest BCUT2D eigenvalue weighted by Crippen LogP contribution is 2.34. The highest BCUT2D eigenvalue weighted by molar-refractivity contribution is 6.01. The normalized spacial score (nSPS) is 19.9. The molecule has 28 heavy (non-hydrogen) atoms. The lowest BCUT2D eigenvalue weighted by atomic mass is 10.0. The smallest absolute Gasteiger partial charge is 0.231 e. The van der Waals surface area contributed by atoms with Crippen LogP contribution >= 0.6 is 0 Å². The van der Waals surface area contributed by atoms with Gasteiger partial charge in [-0.25, -0.2) is 0 Å². The van der Waals surface area contributed by atoms with Crippen molar-refractivity contribution in [1.82, 2.24) is 4.90 Å². The van der Waals surface area contributed by atoms with Gasteiger partial charge in [0.2, 0.25) is 12.7 Å². The van der Waals surface area contributed by atoms with Crippen LogP contribution in [0.1, 0.15) is 30.4 Å². The standard InChI is InChI=1S/C22H22N2O4/c25-22(16-6-7-16)24(12-15-4-2-1-3-5-15)13-18-11-19(23-28-18)17-8-9-20-21(10-17)27-14-26-20/h1-5,8-10,16,18H,6-7,11-14H2/t18-/m0/s1. The quantitative estimate of drug-likeness (QED) is 0.773. The average molecular weight is 378 g/mol. The van der Waals surface area contributed by atoms with E-state index in [2.05, 4.69) is 17.3 Å². The summed E-state index contributed by atoms with van der Waals surface area (Å²) in [6, 6.07) is 15.9. The number of hydrogen-bond acceptors (Lipinski definition) is 5. The first-order valence-electron chi connectivity index (χ1n) is 9.72. The molecule has 0 spiro atoms. The topological polar surface area (TPSA) is 60.4 Å². The number of nitrogens with zero attached hydrogens (tertiary/aromatic N) is 2. The minimum atomic E-state index is -0.133. The number of rotatable bonds is 6. The second kappa shape index (κ2) is 7.19. The van der Waals surface area contributed by atoms with Gasteiger partial charge in [0.25, 0.3) is 0 Å². The van der Waals surface area contributed by atoms with Crippen molar-refractivity contribution < 1.29 is 19.1 Å². The maximum Gasteiger partial charge on any atom is 0.231 e. The van der Waals surface area contributed by atoms with Crippen molar-refractivity contribution in [3.05, 3.63) is 59.7 Å². The molecule has 0 saturated heterocycles. The molecule has 144 valence electrons. The molecule has 2 heterocycles. The number of carbonyl (C=O) groups is 1. The maximum atomic E-state index is 12.8. The molecular weight excluding hydrogens is 356 g/mol. The second-order valence-corrected chi connectivity index (χ2v) is 7.52. The Labute approximate surface area is 163 Å². The predicted octanol–water partition coefficient (Wildman–Crippen LogP) is 3.35. The summed E-state index contributed by atoms with van der Waals surface area (Å²) in [6.45, 7) is 1.40. The van der Waals surface area contributed by atoms with E-state index < -0.39 is 0 Å². The Bertz CT molecular complexity index is 908. The van der Waals surface area contributed by atoms with E-state index in [0.29, 0.717) is 19.5 Å². The van der Waals surface area contributed by atoms with Crippen LogP contribution in [0.15, 0.2) is 53.7 Å². The fraction of sp³-hybridized carbons (Fsp3) is 0.364. The third-order valence-electron chi connectivity index (χ3n) is 5.32. The molecule has 5 rings (SSSR count). The van der Waals surface area contributed by atoms with Crippen molar-refractivity contribution in [3.63, 3.8) is 0 Å². The van der Waals surface area contributed by atoms with Crippen molar-refractivity contribution in [3.8, 4) is 11.5 Å². The van der Waals surface area contributed by atoms with Crippen molar-refractivity contribution >= 4 is 11.6 Å². The van der Waals surface area contributed by atoms with Crippen LogP contribution in [0.2, 0.25) is 0 Å². The molecule has 1 aliphatic carbocycles. The van der Waals surface area contributed by atoms with E-state index >= 15 is 0 Å². The molecule has 0 radical (unpaired) electrons. The van der Waals surface area contributed by atoms with Gasteiger partial charge in [-0.05, 0) is 36.6 Å². The minimum absolute atomic E-state index is 0.133. The molecular formula is C22H22N2O4. The van der Waals surface area contributed by atoms with Crippen molar-refractivity contribution in [1.29, 1.82) is 0 Å². The highest BCUT2D eigenvalue weighted by atomic mass is 16.7. The van der Waals surface area contributed by atoms with Crippen LogP contribution in [-0.2, 0) is 16.2 Å². The molecule has 0 aromatic heterocycles. The molecule has 2 aliphatic heterocycles. The number of benzene rings is 2. The molecule has 1 fully saturated rings. The average Bonchev–Trinajstić information content (AvgIpc) is 3.28. The lowest BCUT2D eigenvalue weighted by molar-refractivity contribution is -0.135. The SMILES string of the molecule is O=C(C1CC1)N(Cc1ccccc1)C[C@@H]1CC(c2ccc3c(c2)OCO3)=NO1. The first-order valence-corrected chi connectivity index (χ1v) is 9.72. The van der Waals surface area contributed by atoms with Gasteiger partial charge in [0, 0.05) is 24.4 Å². The zero-order valence-corrected chi connectivity index (χ0v) is 15.5. The number of amides is 1. The summed E-state index contributed by atoms with van der Waals surface area (Å²) >= 11 is 0. The molecule has 0 N–H and O–H groups in total. The van der Waals surface area contributed by atoms with Crippen molar-refractivity contribution in [2.45, 2.75) is 31.9 Å². The highest BCUT2D eigenvalue weighted by Gasteiger charge is 2.35. The van der Waals surface area contributed by atoms with E-state index in [4.69, 9.17) is 14.3 Å². The molecule has 1 atom stereocenters. The maximum absolute atomic E-state index is 12.8. The van der Waals surface area contributed by atoms with Gasteiger partial charge in [-0.1, -0.05) is 35.5 Å². The first-order chi connectivity index (χ1) is 13.8. The summed E-state index contributed by atoms with van der Waals surface area (Å²) in [7, 11) is 0. The summed E-state index contributed by atoms with van der Waals surface area (Å²) < 4.78 is 10.8. The molecule has 1 amide bonds. The van der Waals surface area contributed by atoms with Crippen LogP contribution in [0, 0.1) is 5.92 Å². The number of hydrogen-bond donors (Lipinski definition) is 0. The lowest BCUT2D eigenvalue weighted by Crippen LogP contribution is -2.38. The fourth-order valence-corrected chi connectivity index (χ4v) is 3.64. The number of ether oxygens (including phenoxy) is 2. The van der Waals surface area contributed by atoms with E-state index in [0.717, 1.165) is 41.2 Å². The summed E-state index contributed by atoms with van der Waals surface area (Å²) in [5, 5.41) is 4.28. The predicted molar refractivity (Wildman–Crippen MR) is 103 cm³/mol. The van der Waals surface area contributed by atoms with E-state index in [9.17, 15) is 4.79 Å². The number of oxime groups is 1. The third kappa shape index (κ3) is 3.54. The Hall–Kier alpha value is -3.02. The molecule has 0 unspecified atom stereocenters. The van der Waals surface area contributed by atoms with Crippen LogP contribution in [0.3, 0.4) is 0 Å². The zero-order valence-electron chi connectivity index (χ0n) is 15.5. The van der Waals surface area contributed by atoms with Crippen LogP contribution in [0.5, 0.6) is 11.5 Å². The van der Waals surface area contributed by atoms with Gasteiger partial charge < -0.3 is 19.2 Å². The van der Waals surface area contributed by atoms with Gasteiger partial charge in [0.15, 0.2) is 17.6 Å². The zero-order chi connectivity index (χ0) is 18.9. The monoisotopic (exact) mass is 378 g/mol. The Balaban J connectivity index is 1.26. The van der Waals surface area contributed by atoms with Gasteiger partial charge in [-0.2, -0.15) is 0 Å². The Morgan fingerprint density at radius 1 is 1.07 bits per heavy atom. The van der Waals surface area contributed by atoms with Crippen LogP contribution in [0.25, 0.3) is 0 Å². The number of carbonyl (C=O) groups excluding carboxylic acids is 1. The van der Waals surface area contributed by atoms with Crippen LogP contribution in [0.4, 0.5) is 0 Å². The molecule has 1 saturated carbocycles. The fourth-order valence-electron chi connectivity index (χ4n) is 3.64. The van der Waals surface area contributed by atoms with Crippen LogP contribution < -0.4 is 9.47 Å². The minimum Gasteiger partial charge on any atom is -0.454 e. The second-order valence-electron chi connectivity index (χ2n) is 7.52. The Kier molecular flexibility index (Phi) is 4.39. The molecule has 0 bridgehead atoms. The summed E-state index contributed by atoms with van der Waals surface area (Å²) in [4.78, 5) is 20.4. The van der Waals surface area contributed by atoms with Gasteiger partial charge in [-0.3, -0.25) is 4.79 Å². The molecule has 2 aromatic carbocycles. The van der Waals surface area contributed by atoms with Crippen molar-refractivity contribution in [2.75, 3.05) is 13.3 Å². The summed E-state index contributed by atoms with van der Waals surface area (Å²) in [5.41, 5.74) is 2.98. The van der Waals surface area contributed by atoms with E-state index in [1.807, 2.05) is 41.3 Å². The van der Waals surface area contributed by atoms with Crippen LogP contribution in [-0.4, -0.2) is 36.0 Å². The van der Waals surface area contributed by atoms with E-state index in [1.165, 1.54) is 0 Å². The van der Waals surface area contributed by atoms with Gasteiger partial charge >= 0.3 is 0 Å². The van der Waals surface area contributed by atoms with E-state index in [1.54, 1.807) is 0 Å². The Morgan fingerprint density at radius 2 is 1.89 bits per heavy atom. The molecule has 6 heteroatoms. The number of fused-ring (bicyclic) bond motifs is 1. The Morgan fingerprint density at radius 3 is 2.71 bits per heavy atom. The summed E-state index contributed by atoms with van der Waals surface area (Å²) in [5.74, 6) is 1.89. The first kappa shape index (κ1) is 17.1. The third-order valence-corrected chi connectivity index (χ3v) is 5.32. The molecule has 6 nitrogen and oxygen atoms in total. The molecule has 2 aromatic rings. The van der Waals surface area contributed by atoms with E-state index in [-0.39, 0.29) is 24.7 Å². The lowest BCUT2D eigenvalue weighted by Gasteiger charge is -2.25. The van der Waals surface area contributed by atoms with Gasteiger partial charge in [0.1, 0.15) is 0 Å².